The second kappa shape index (κ2) is 4.66. The zero-order chi connectivity index (χ0) is 10.7. The maximum absolute atomic E-state index is 10.8. The largest absolute Gasteiger partial charge is 0.481 e. The lowest BCUT2D eigenvalue weighted by molar-refractivity contribution is 0.164. The highest BCUT2D eigenvalue weighted by molar-refractivity contribution is 7.60. The Hall–Kier alpha value is 0.260. The number of hydrogen-bond acceptors (Lipinski definition) is 4. The van der Waals surface area contributed by atoms with Crippen LogP contribution in [0.5, 0.6) is 0 Å². The van der Waals surface area contributed by atoms with Crippen molar-refractivity contribution in [3.8, 4) is 0 Å². The van der Waals surface area contributed by atoms with Gasteiger partial charge in [0.1, 0.15) is 0 Å². The molecule has 3 N–H and O–H groups in total. The number of phosphoric ester groups is 1. The normalized spacial score (nSPS) is 17.4. The molecule has 0 aromatic carbocycles. The van der Waals surface area contributed by atoms with Crippen molar-refractivity contribution < 1.29 is 32.6 Å². The third-order valence-corrected chi connectivity index (χ3v) is 2.93. The summed E-state index contributed by atoms with van der Waals surface area (Å²) in [5.41, 5.74) is 0. The third-order valence-electron chi connectivity index (χ3n) is 0.781. The monoisotopic (exact) mass is 234 g/mol. The van der Waals surface area contributed by atoms with E-state index in [1.807, 2.05) is 0 Å². The van der Waals surface area contributed by atoms with E-state index in [9.17, 15) is 9.13 Å². The first-order valence-electron chi connectivity index (χ1n) is 3.36. The summed E-state index contributed by atoms with van der Waals surface area (Å²) in [5, 5.41) is 0. The van der Waals surface area contributed by atoms with E-state index in [1.165, 1.54) is 0 Å². The summed E-state index contributed by atoms with van der Waals surface area (Å²) in [7, 11) is -9.62. The molecule has 0 saturated carbocycles. The van der Waals surface area contributed by atoms with Crippen LogP contribution in [0.1, 0.15) is 13.8 Å². The van der Waals surface area contributed by atoms with Crippen molar-refractivity contribution in [2.75, 3.05) is 6.61 Å². The quantitative estimate of drug-likeness (QED) is 0.604. The van der Waals surface area contributed by atoms with Gasteiger partial charge in [-0.15, -0.1) is 0 Å². The first-order chi connectivity index (χ1) is 5.62. The first kappa shape index (κ1) is 13.3. The van der Waals surface area contributed by atoms with Gasteiger partial charge >= 0.3 is 15.6 Å². The van der Waals surface area contributed by atoms with Crippen LogP contribution in [-0.2, 0) is 18.0 Å². The summed E-state index contributed by atoms with van der Waals surface area (Å²) in [6.07, 6.45) is 0. The lowest BCUT2D eigenvalue weighted by Crippen LogP contribution is -2.01. The van der Waals surface area contributed by atoms with E-state index in [0.717, 1.165) is 0 Å². The van der Waals surface area contributed by atoms with Crippen LogP contribution >= 0.6 is 15.6 Å². The molecule has 0 aromatic rings. The molecular weight excluding hydrogens is 222 g/mol. The summed E-state index contributed by atoms with van der Waals surface area (Å²) < 4.78 is 28.7. The summed E-state index contributed by atoms with van der Waals surface area (Å²) in [5.74, 6) is -0.0409. The molecule has 0 radical (unpaired) electrons. The summed E-state index contributed by atoms with van der Waals surface area (Å²) >= 11 is 0. The van der Waals surface area contributed by atoms with E-state index < -0.39 is 15.6 Å². The van der Waals surface area contributed by atoms with Crippen molar-refractivity contribution in [3.05, 3.63) is 0 Å². The number of phosphoric acid groups is 2. The van der Waals surface area contributed by atoms with Gasteiger partial charge in [0.25, 0.3) is 0 Å². The smallest absolute Gasteiger partial charge is 0.302 e. The predicted molar refractivity (Wildman–Crippen MR) is 43.7 cm³/mol. The second-order valence-corrected chi connectivity index (χ2v) is 5.56. The number of rotatable bonds is 5. The van der Waals surface area contributed by atoms with Gasteiger partial charge < -0.3 is 14.7 Å². The summed E-state index contributed by atoms with van der Waals surface area (Å²) in [6.45, 7) is 3.29. The molecule has 0 aliphatic rings. The zero-order valence-electron chi connectivity index (χ0n) is 7.15. The van der Waals surface area contributed by atoms with Gasteiger partial charge in [0.15, 0.2) is 0 Å². The second-order valence-electron chi connectivity index (χ2n) is 2.73. The fourth-order valence-electron chi connectivity index (χ4n) is 0.401. The fourth-order valence-corrected chi connectivity index (χ4v) is 2.15. The highest BCUT2D eigenvalue weighted by Crippen LogP contribution is 2.57. The Kier molecular flexibility index (Phi) is 4.76. The molecule has 0 aliphatic carbocycles. The Morgan fingerprint density at radius 3 is 2.00 bits per heavy atom. The molecule has 0 fully saturated rings. The van der Waals surface area contributed by atoms with Gasteiger partial charge in [0.05, 0.1) is 6.61 Å². The van der Waals surface area contributed by atoms with E-state index in [-0.39, 0.29) is 12.5 Å². The molecule has 0 aliphatic heterocycles. The zero-order valence-corrected chi connectivity index (χ0v) is 8.94. The molecule has 1 atom stereocenters. The van der Waals surface area contributed by atoms with E-state index >= 15 is 0 Å². The summed E-state index contributed by atoms with van der Waals surface area (Å²) in [4.78, 5) is 25.1. The standard InChI is InChI=1S/C4H12O7P2/c1-4(2)3-10-13(8,9)11-12(5,6)7/h4H,3H2,1-2H3,(H,8,9)(H2,5,6,7). The molecule has 13 heavy (non-hydrogen) atoms. The fraction of sp³-hybridized carbons (Fsp3) is 1.00. The third kappa shape index (κ3) is 8.59. The molecule has 1 unspecified atom stereocenters. The van der Waals surface area contributed by atoms with Gasteiger partial charge in [-0.3, -0.25) is 4.52 Å². The molecule has 0 heterocycles. The maximum atomic E-state index is 10.8. The highest BCUT2D eigenvalue weighted by atomic mass is 31.3. The van der Waals surface area contributed by atoms with Crippen LogP contribution in [0.15, 0.2) is 0 Å². The van der Waals surface area contributed by atoms with E-state index in [1.54, 1.807) is 13.8 Å². The van der Waals surface area contributed by atoms with Crippen LogP contribution in [0.4, 0.5) is 0 Å². The van der Waals surface area contributed by atoms with Crippen molar-refractivity contribution in [2.45, 2.75) is 13.8 Å². The molecule has 0 spiro atoms. The topological polar surface area (TPSA) is 113 Å². The average molecular weight is 234 g/mol. The Morgan fingerprint density at radius 1 is 1.23 bits per heavy atom. The summed E-state index contributed by atoms with van der Waals surface area (Å²) in [6, 6.07) is 0. The SMILES string of the molecule is CC(C)COP(=O)(O)OP(=O)(O)O. The van der Waals surface area contributed by atoms with Crippen molar-refractivity contribution in [2.24, 2.45) is 5.92 Å². The lowest BCUT2D eigenvalue weighted by atomic mass is 10.2. The minimum Gasteiger partial charge on any atom is -0.302 e. The van der Waals surface area contributed by atoms with Crippen molar-refractivity contribution in [1.29, 1.82) is 0 Å². The van der Waals surface area contributed by atoms with Gasteiger partial charge in [-0.1, -0.05) is 13.8 Å². The molecule has 7 nitrogen and oxygen atoms in total. The minimum absolute atomic E-state index is 0.0409. The van der Waals surface area contributed by atoms with Gasteiger partial charge in [0, 0.05) is 0 Å². The van der Waals surface area contributed by atoms with E-state index in [4.69, 9.17) is 14.7 Å². The van der Waals surface area contributed by atoms with Gasteiger partial charge in [-0.05, 0) is 5.92 Å². The molecule has 0 amide bonds. The van der Waals surface area contributed by atoms with Crippen LogP contribution in [0.25, 0.3) is 0 Å². The van der Waals surface area contributed by atoms with Gasteiger partial charge in [-0.2, -0.15) is 4.31 Å². The highest BCUT2D eigenvalue weighted by Gasteiger charge is 2.32. The van der Waals surface area contributed by atoms with Crippen LogP contribution < -0.4 is 0 Å². The Balaban J connectivity index is 4.10. The van der Waals surface area contributed by atoms with Crippen molar-refractivity contribution in [1.82, 2.24) is 0 Å². The van der Waals surface area contributed by atoms with E-state index in [0.29, 0.717) is 0 Å². The predicted octanol–water partition coefficient (Wildman–Crippen LogP) is 0.869. The Bertz CT molecular complexity index is 243. The molecule has 0 saturated heterocycles. The van der Waals surface area contributed by atoms with Crippen molar-refractivity contribution >= 4 is 15.6 Å². The molecule has 0 aromatic heterocycles. The van der Waals surface area contributed by atoms with Gasteiger partial charge in [0.2, 0.25) is 0 Å². The van der Waals surface area contributed by atoms with Gasteiger partial charge in [-0.25, -0.2) is 9.13 Å². The first-order valence-corrected chi connectivity index (χ1v) is 6.39. The van der Waals surface area contributed by atoms with Crippen molar-refractivity contribution in [3.63, 3.8) is 0 Å². The van der Waals surface area contributed by atoms with E-state index in [2.05, 4.69) is 8.83 Å². The van der Waals surface area contributed by atoms with Crippen LogP contribution in [0, 0.1) is 5.92 Å². The van der Waals surface area contributed by atoms with Crippen LogP contribution in [0.3, 0.4) is 0 Å². The minimum atomic E-state index is -4.99. The van der Waals surface area contributed by atoms with Crippen LogP contribution in [-0.4, -0.2) is 21.3 Å². The molecule has 0 rings (SSSR count). The molecule has 0 bridgehead atoms. The molecule has 80 valence electrons. The lowest BCUT2D eigenvalue weighted by Gasteiger charge is -2.13. The Morgan fingerprint density at radius 2 is 1.69 bits per heavy atom. The molecular formula is C4H12O7P2. The Labute approximate surface area is 75.5 Å². The maximum Gasteiger partial charge on any atom is 0.481 e. The molecule has 9 heteroatoms. The number of hydrogen-bond donors (Lipinski definition) is 3. The average Bonchev–Trinajstić information content (AvgIpc) is 1.78. The van der Waals surface area contributed by atoms with Crippen LogP contribution in [0.2, 0.25) is 0 Å².